The predicted octanol–water partition coefficient (Wildman–Crippen LogP) is -0.576. The first-order valence-electron chi connectivity index (χ1n) is 10.1. The Morgan fingerprint density at radius 2 is 1.12 bits per heavy atom. The lowest BCUT2D eigenvalue weighted by Gasteiger charge is -2.31. The second kappa shape index (κ2) is 13.9. The maximum absolute atomic E-state index is 12.7. The molecule has 0 radical (unpaired) electrons. The Morgan fingerprint density at radius 1 is 0.676 bits per heavy atom. The van der Waals surface area contributed by atoms with Crippen LogP contribution in [0.15, 0.2) is 0 Å². The number of carboxylic acid groups (broad SMARTS) is 1. The van der Waals surface area contributed by atoms with Gasteiger partial charge in [-0.2, -0.15) is 0 Å². The van der Waals surface area contributed by atoms with Crippen LogP contribution in [0.1, 0.15) is 53.4 Å². The Hall–Kier alpha value is -3.55. The summed E-state index contributed by atoms with van der Waals surface area (Å²) >= 11 is 0. The molecule has 0 aliphatic carbocycles. The molecule has 1 unspecified atom stereocenters. The molecule has 0 aromatic heterocycles. The van der Waals surface area contributed by atoms with Gasteiger partial charge in [0.25, 0.3) is 0 Å². The SMILES string of the molecule is CCOC(=O)CC(CC(=O)OCC)(OC(=O)CC(O)(CC(=O)OC(C)=O)C(=O)O)C(=O)OCC. The monoisotopic (exact) mass is 492 g/mol. The highest BCUT2D eigenvalue weighted by molar-refractivity contribution is 5.95. The first kappa shape index (κ1) is 30.4. The molecule has 0 aliphatic rings. The summed E-state index contributed by atoms with van der Waals surface area (Å²) in [5.74, 6) is -9.66. The molecular formula is C20H28O14. The van der Waals surface area contributed by atoms with E-state index in [1.165, 1.54) is 20.8 Å². The fourth-order valence-electron chi connectivity index (χ4n) is 2.62. The van der Waals surface area contributed by atoms with Crippen LogP contribution in [0, 0.1) is 0 Å². The molecule has 0 heterocycles. The Labute approximate surface area is 194 Å². The summed E-state index contributed by atoms with van der Waals surface area (Å²) < 4.78 is 23.5. The molecule has 0 bridgehead atoms. The van der Waals surface area contributed by atoms with Crippen molar-refractivity contribution in [2.45, 2.75) is 64.6 Å². The van der Waals surface area contributed by atoms with Gasteiger partial charge < -0.3 is 33.9 Å². The molecule has 0 aromatic rings. The van der Waals surface area contributed by atoms with Gasteiger partial charge in [-0.05, 0) is 20.8 Å². The number of ether oxygens (including phenoxy) is 5. The third-order valence-electron chi connectivity index (χ3n) is 3.96. The van der Waals surface area contributed by atoms with Gasteiger partial charge in [0.15, 0.2) is 5.60 Å². The number of esters is 6. The second-order valence-electron chi connectivity index (χ2n) is 6.81. The average molecular weight is 492 g/mol. The van der Waals surface area contributed by atoms with Gasteiger partial charge in [0.2, 0.25) is 5.60 Å². The van der Waals surface area contributed by atoms with Crippen molar-refractivity contribution in [3.8, 4) is 0 Å². The molecule has 0 fully saturated rings. The summed E-state index contributed by atoms with van der Waals surface area (Å²) in [5.41, 5.74) is -5.73. The highest BCUT2D eigenvalue weighted by Crippen LogP contribution is 2.28. The summed E-state index contributed by atoms with van der Waals surface area (Å²) in [6, 6.07) is 0. The predicted molar refractivity (Wildman–Crippen MR) is 107 cm³/mol. The number of hydrogen-bond acceptors (Lipinski definition) is 13. The summed E-state index contributed by atoms with van der Waals surface area (Å²) in [7, 11) is 0. The van der Waals surface area contributed by atoms with Crippen LogP contribution in [0.5, 0.6) is 0 Å². The lowest BCUT2D eigenvalue weighted by Crippen LogP contribution is -2.50. The van der Waals surface area contributed by atoms with Crippen molar-refractivity contribution in [3.63, 3.8) is 0 Å². The molecule has 2 N–H and O–H groups in total. The first-order chi connectivity index (χ1) is 15.7. The highest BCUT2D eigenvalue weighted by Gasteiger charge is 2.51. The van der Waals surface area contributed by atoms with E-state index >= 15 is 0 Å². The summed E-state index contributed by atoms with van der Waals surface area (Å²) in [6.45, 7) is 4.65. The lowest BCUT2D eigenvalue weighted by molar-refractivity contribution is -0.195. The molecule has 34 heavy (non-hydrogen) atoms. The average Bonchev–Trinajstić information content (AvgIpc) is 2.66. The number of aliphatic hydroxyl groups is 1. The molecule has 0 saturated carbocycles. The van der Waals surface area contributed by atoms with Crippen molar-refractivity contribution in [3.05, 3.63) is 0 Å². The zero-order valence-electron chi connectivity index (χ0n) is 19.2. The van der Waals surface area contributed by atoms with Gasteiger partial charge in [-0.25, -0.2) is 9.59 Å². The Kier molecular flexibility index (Phi) is 12.4. The maximum atomic E-state index is 12.7. The minimum atomic E-state index is -3.11. The quantitative estimate of drug-likeness (QED) is 0.177. The van der Waals surface area contributed by atoms with Crippen LogP contribution in [0.2, 0.25) is 0 Å². The van der Waals surface area contributed by atoms with Gasteiger partial charge in [0, 0.05) is 6.92 Å². The minimum Gasteiger partial charge on any atom is -0.479 e. The summed E-state index contributed by atoms with van der Waals surface area (Å²) in [6.07, 6.45) is -4.76. The summed E-state index contributed by atoms with van der Waals surface area (Å²) in [4.78, 5) is 83.5. The fraction of sp³-hybridized carbons (Fsp3) is 0.650. The van der Waals surface area contributed by atoms with E-state index in [0.29, 0.717) is 0 Å². The van der Waals surface area contributed by atoms with E-state index in [1.807, 2.05) is 0 Å². The van der Waals surface area contributed by atoms with Crippen molar-refractivity contribution in [2.24, 2.45) is 0 Å². The molecule has 0 aliphatic heterocycles. The minimum absolute atomic E-state index is 0.123. The number of aliphatic carboxylic acids is 1. The van der Waals surface area contributed by atoms with E-state index in [0.717, 1.165) is 6.92 Å². The van der Waals surface area contributed by atoms with Crippen molar-refractivity contribution in [1.82, 2.24) is 0 Å². The van der Waals surface area contributed by atoms with Gasteiger partial charge in [0.05, 0.1) is 45.5 Å². The summed E-state index contributed by atoms with van der Waals surface area (Å²) in [5, 5.41) is 19.6. The fourth-order valence-corrected chi connectivity index (χ4v) is 2.62. The molecule has 14 nitrogen and oxygen atoms in total. The van der Waals surface area contributed by atoms with Gasteiger partial charge in [-0.15, -0.1) is 0 Å². The second-order valence-corrected chi connectivity index (χ2v) is 6.81. The van der Waals surface area contributed by atoms with E-state index < -0.39 is 78.7 Å². The van der Waals surface area contributed by atoms with E-state index in [1.54, 1.807) is 0 Å². The van der Waals surface area contributed by atoms with Crippen LogP contribution in [0.25, 0.3) is 0 Å². The first-order valence-corrected chi connectivity index (χ1v) is 10.1. The third kappa shape index (κ3) is 9.94. The van der Waals surface area contributed by atoms with E-state index in [9.17, 15) is 43.8 Å². The van der Waals surface area contributed by atoms with E-state index in [2.05, 4.69) is 4.74 Å². The normalized spacial score (nSPS) is 12.5. The van der Waals surface area contributed by atoms with Gasteiger partial charge in [0.1, 0.15) is 0 Å². The van der Waals surface area contributed by atoms with Gasteiger partial charge in [-0.3, -0.25) is 24.0 Å². The van der Waals surface area contributed by atoms with Crippen LogP contribution in [-0.4, -0.2) is 83.0 Å². The molecule has 1 atom stereocenters. The third-order valence-corrected chi connectivity index (χ3v) is 3.96. The standard InChI is InChI=1S/C20H28O14/c1-5-30-13(22)10-20(18(28)32-7-3,11-14(23)31-6-2)34-16(25)9-19(29,17(26)27)8-15(24)33-12(4)21/h29H,5-11H2,1-4H3,(H,26,27). The van der Waals surface area contributed by atoms with Crippen LogP contribution < -0.4 is 0 Å². The van der Waals surface area contributed by atoms with Crippen LogP contribution in [0.4, 0.5) is 0 Å². The number of rotatable bonds is 14. The van der Waals surface area contributed by atoms with Crippen molar-refractivity contribution < 1.29 is 67.5 Å². The molecule has 0 saturated heterocycles. The number of carbonyl (C=O) groups excluding carboxylic acids is 6. The highest BCUT2D eigenvalue weighted by atomic mass is 16.6. The van der Waals surface area contributed by atoms with E-state index in [4.69, 9.17) is 18.9 Å². The zero-order chi connectivity index (χ0) is 26.5. The Morgan fingerprint density at radius 3 is 1.50 bits per heavy atom. The van der Waals surface area contributed by atoms with E-state index in [-0.39, 0.29) is 19.8 Å². The topological polar surface area (TPSA) is 206 Å². The molecule has 192 valence electrons. The Bertz CT molecular complexity index is 781. The molecule has 14 heteroatoms. The lowest BCUT2D eigenvalue weighted by atomic mass is 9.93. The van der Waals surface area contributed by atoms with Gasteiger partial charge >= 0.3 is 41.8 Å². The smallest absolute Gasteiger partial charge is 0.351 e. The molecule has 0 aromatic carbocycles. The number of carboxylic acids is 1. The molecule has 0 rings (SSSR count). The number of carbonyl (C=O) groups is 7. The zero-order valence-corrected chi connectivity index (χ0v) is 19.2. The van der Waals surface area contributed by atoms with Crippen molar-refractivity contribution >= 4 is 41.8 Å². The van der Waals surface area contributed by atoms with Crippen molar-refractivity contribution in [2.75, 3.05) is 19.8 Å². The Balaban J connectivity index is 6.09. The van der Waals surface area contributed by atoms with Crippen molar-refractivity contribution in [1.29, 1.82) is 0 Å². The molecular weight excluding hydrogens is 464 g/mol. The van der Waals surface area contributed by atoms with Crippen LogP contribution in [-0.2, 0) is 57.2 Å². The largest absolute Gasteiger partial charge is 0.479 e. The van der Waals surface area contributed by atoms with Crippen LogP contribution >= 0.6 is 0 Å². The van der Waals surface area contributed by atoms with Crippen LogP contribution in [0.3, 0.4) is 0 Å². The maximum Gasteiger partial charge on any atom is 0.351 e. The molecule has 0 spiro atoms. The number of hydrogen-bond donors (Lipinski definition) is 2. The molecule has 0 amide bonds. The van der Waals surface area contributed by atoms with Gasteiger partial charge in [-0.1, -0.05) is 0 Å².